The SMILES string of the molecule is Cc1[nH]nc(NC(=O)c2ccoc2)c1-c1cccc(Br)c1. The topological polar surface area (TPSA) is 70.9 Å². The number of anilines is 1. The first-order valence-corrected chi connectivity index (χ1v) is 7.09. The Kier molecular flexibility index (Phi) is 3.62. The zero-order valence-electron chi connectivity index (χ0n) is 11.2. The number of hydrogen-bond donors (Lipinski definition) is 2. The van der Waals surface area contributed by atoms with E-state index in [2.05, 4.69) is 31.4 Å². The maximum absolute atomic E-state index is 12.1. The van der Waals surface area contributed by atoms with Crippen LogP contribution in [0.1, 0.15) is 16.1 Å². The molecule has 0 unspecified atom stereocenters. The maximum Gasteiger partial charge on any atom is 0.260 e. The molecule has 2 aromatic heterocycles. The molecule has 5 nitrogen and oxygen atoms in total. The molecule has 3 aromatic rings. The molecule has 0 spiro atoms. The smallest absolute Gasteiger partial charge is 0.260 e. The van der Waals surface area contributed by atoms with E-state index in [1.165, 1.54) is 12.5 Å². The first-order chi connectivity index (χ1) is 10.1. The van der Waals surface area contributed by atoms with Crippen LogP contribution in [0.15, 0.2) is 51.7 Å². The Morgan fingerprint density at radius 1 is 1.38 bits per heavy atom. The molecule has 0 aliphatic rings. The molecule has 0 atom stereocenters. The summed E-state index contributed by atoms with van der Waals surface area (Å²) in [6, 6.07) is 9.44. The molecule has 6 heteroatoms. The van der Waals surface area contributed by atoms with Gasteiger partial charge in [0.15, 0.2) is 5.82 Å². The first-order valence-electron chi connectivity index (χ1n) is 6.29. The van der Waals surface area contributed by atoms with Crippen LogP contribution in [-0.4, -0.2) is 16.1 Å². The summed E-state index contributed by atoms with van der Waals surface area (Å²) in [5, 5.41) is 9.87. The lowest BCUT2D eigenvalue weighted by Gasteiger charge is -2.06. The van der Waals surface area contributed by atoms with Gasteiger partial charge < -0.3 is 9.73 Å². The lowest BCUT2D eigenvalue weighted by Crippen LogP contribution is -2.11. The van der Waals surface area contributed by atoms with E-state index in [1.54, 1.807) is 6.07 Å². The lowest BCUT2D eigenvalue weighted by molar-refractivity contribution is 0.102. The second-order valence-corrected chi connectivity index (χ2v) is 5.46. The molecule has 21 heavy (non-hydrogen) atoms. The number of carbonyl (C=O) groups is 1. The lowest BCUT2D eigenvalue weighted by atomic mass is 10.1. The summed E-state index contributed by atoms with van der Waals surface area (Å²) in [6.07, 6.45) is 2.85. The number of H-pyrrole nitrogens is 1. The predicted molar refractivity (Wildman–Crippen MR) is 83.1 cm³/mol. The van der Waals surface area contributed by atoms with Gasteiger partial charge in [-0.05, 0) is 30.7 Å². The van der Waals surface area contributed by atoms with Crippen molar-refractivity contribution in [2.75, 3.05) is 5.32 Å². The van der Waals surface area contributed by atoms with E-state index in [1.807, 2.05) is 31.2 Å². The molecule has 2 N–H and O–H groups in total. The van der Waals surface area contributed by atoms with Gasteiger partial charge in [-0.15, -0.1) is 0 Å². The van der Waals surface area contributed by atoms with Crippen molar-refractivity contribution in [2.24, 2.45) is 0 Å². The zero-order valence-corrected chi connectivity index (χ0v) is 12.8. The van der Waals surface area contributed by atoms with Crippen molar-refractivity contribution in [3.05, 3.63) is 58.6 Å². The molecule has 0 fully saturated rings. The minimum absolute atomic E-state index is 0.258. The Hall–Kier alpha value is -2.34. The number of halogens is 1. The molecular weight excluding hydrogens is 334 g/mol. The van der Waals surface area contributed by atoms with E-state index in [9.17, 15) is 4.79 Å². The highest BCUT2D eigenvalue weighted by atomic mass is 79.9. The fraction of sp³-hybridized carbons (Fsp3) is 0.0667. The Morgan fingerprint density at radius 2 is 2.24 bits per heavy atom. The average molecular weight is 346 g/mol. The van der Waals surface area contributed by atoms with E-state index in [0.29, 0.717) is 11.4 Å². The van der Waals surface area contributed by atoms with Crippen molar-refractivity contribution in [1.82, 2.24) is 10.2 Å². The van der Waals surface area contributed by atoms with Gasteiger partial charge in [-0.3, -0.25) is 9.89 Å². The van der Waals surface area contributed by atoms with E-state index < -0.39 is 0 Å². The van der Waals surface area contributed by atoms with Crippen molar-refractivity contribution >= 4 is 27.7 Å². The molecule has 106 valence electrons. The summed E-state index contributed by atoms with van der Waals surface area (Å²) in [7, 11) is 0. The fourth-order valence-corrected chi connectivity index (χ4v) is 2.49. The van der Waals surface area contributed by atoms with Crippen molar-refractivity contribution in [2.45, 2.75) is 6.92 Å². The highest BCUT2D eigenvalue weighted by molar-refractivity contribution is 9.10. The van der Waals surface area contributed by atoms with E-state index in [0.717, 1.165) is 21.3 Å². The van der Waals surface area contributed by atoms with E-state index >= 15 is 0 Å². The Bertz CT molecular complexity index is 778. The number of nitrogens with zero attached hydrogens (tertiary/aromatic N) is 1. The molecule has 0 saturated heterocycles. The summed E-state index contributed by atoms with van der Waals surface area (Å²) in [4.78, 5) is 12.1. The second-order valence-electron chi connectivity index (χ2n) is 4.55. The third-order valence-electron chi connectivity index (χ3n) is 3.08. The van der Waals surface area contributed by atoms with Gasteiger partial charge in [-0.25, -0.2) is 0 Å². The molecular formula is C15H12BrN3O2. The van der Waals surface area contributed by atoms with E-state index in [4.69, 9.17) is 4.42 Å². The van der Waals surface area contributed by atoms with Gasteiger partial charge in [0.2, 0.25) is 0 Å². The van der Waals surface area contributed by atoms with Crippen LogP contribution in [0.4, 0.5) is 5.82 Å². The molecule has 0 radical (unpaired) electrons. The summed E-state index contributed by atoms with van der Waals surface area (Å²) in [5.41, 5.74) is 3.18. The number of hydrogen-bond acceptors (Lipinski definition) is 3. The van der Waals surface area contributed by atoms with Crippen molar-refractivity contribution in [3.8, 4) is 11.1 Å². The number of amides is 1. The van der Waals surface area contributed by atoms with Crippen molar-refractivity contribution in [3.63, 3.8) is 0 Å². The van der Waals surface area contributed by atoms with Crippen LogP contribution >= 0.6 is 15.9 Å². The van der Waals surface area contributed by atoms with Crippen molar-refractivity contribution < 1.29 is 9.21 Å². The maximum atomic E-state index is 12.1. The zero-order chi connectivity index (χ0) is 14.8. The first kappa shape index (κ1) is 13.6. The third kappa shape index (κ3) is 2.75. The van der Waals surface area contributed by atoms with Crippen LogP contribution in [0.3, 0.4) is 0 Å². The van der Waals surface area contributed by atoms with Crippen molar-refractivity contribution in [1.29, 1.82) is 0 Å². The largest absolute Gasteiger partial charge is 0.472 e. The van der Waals surface area contributed by atoms with Crippen LogP contribution in [0, 0.1) is 6.92 Å². The minimum Gasteiger partial charge on any atom is -0.472 e. The summed E-state index contributed by atoms with van der Waals surface area (Å²) in [6.45, 7) is 1.91. The number of carbonyl (C=O) groups excluding carboxylic acids is 1. The highest BCUT2D eigenvalue weighted by Crippen LogP contribution is 2.31. The Balaban J connectivity index is 1.96. The summed E-state index contributed by atoms with van der Waals surface area (Å²) < 4.78 is 5.88. The summed E-state index contributed by atoms with van der Waals surface area (Å²) in [5.74, 6) is 0.239. The second kappa shape index (κ2) is 5.57. The molecule has 0 bridgehead atoms. The van der Waals surface area contributed by atoms with E-state index in [-0.39, 0.29) is 5.91 Å². The number of aromatic nitrogens is 2. The van der Waals surface area contributed by atoms with Crippen LogP contribution in [0.25, 0.3) is 11.1 Å². The number of furan rings is 1. The molecule has 2 heterocycles. The third-order valence-corrected chi connectivity index (χ3v) is 3.57. The molecule has 0 saturated carbocycles. The van der Waals surface area contributed by atoms with Gasteiger partial charge in [0.05, 0.1) is 11.8 Å². The standard InChI is InChI=1S/C15H12BrN3O2/c1-9-13(10-3-2-4-12(16)7-10)14(19-18-9)17-15(20)11-5-6-21-8-11/h2-8H,1H3,(H2,17,18,19,20). The number of aryl methyl sites for hydroxylation is 1. The van der Waals surface area contributed by atoms with Crippen LogP contribution in [0.2, 0.25) is 0 Å². The predicted octanol–water partition coefficient (Wildman–Crippen LogP) is 3.99. The van der Waals surface area contributed by atoms with Gasteiger partial charge in [-0.1, -0.05) is 28.1 Å². The van der Waals surface area contributed by atoms with Gasteiger partial charge >= 0.3 is 0 Å². The molecule has 1 aromatic carbocycles. The van der Waals surface area contributed by atoms with Gasteiger partial charge in [0, 0.05) is 15.7 Å². The Labute approximate surface area is 129 Å². The normalized spacial score (nSPS) is 10.6. The number of nitrogens with one attached hydrogen (secondary N) is 2. The average Bonchev–Trinajstić information content (AvgIpc) is 3.09. The monoisotopic (exact) mass is 345 g/mol. The van der Waals surface area contributed by atoms with Crippen LogP contribution in [0.5, 0.6) is 0 Å². The summed E-state index contributed by atoms with van der Waals surface area (Å²) >= 11 is 3.45. The number of aromatic amines is 1. The fourth-order valence-electron chi connectivity index (χ4n) is 2.09. The molecule has 3 rings (SSSR count). The minimum atomic E-state index is -0.258. The van der Waals surface area contributed by atoms with Crippen LogP contribution in [-0.2, 0) is 0 Å². The molecule has 0 aliphatic heterocycles. The quantitative estimate of drug-likeness (QED) is 0.753. The van der Waals surface area contributed by atoms with Gasteiger partial charge in [-0.2, -0.15) is 5.10 Å². The Morgan fingerprint density at radius 3 is 2.95 bits per heavy atom. The number of rotatable bonds is 3. The van der Waals surface area contributed by atoms with Gasteiger partial charge in [0.25, 0.3) is 5.91 Å². The highest BCUT2D eigenvalue weighted by Gasteiger charge is 2.16. The molecule has 1 amide bonds. The molecule has 0 aliphatic carbocycles. The van der Waals surface area contributed by atoms with Crippen LogP contribution < -0.4 is 5.32 Å². The van der Waals surface area contributed by atoms with Gasteiger partial charge in [0.1, 0.15) is 6.26 Å². The number of benzene rings is 1.